The highest BCUT2D eigenvalue weighted by molar-refractivity contribution is 6.30. The number of rotatable bonds is 4. The van der Waals surface area contributed by atoms with Gasteiger partial charge in [0.15, 0.2) is 0 Å². The minimum absolute atomic E-state index is 0.183. The maximum Gasteiger partial charge on any atom is 0.245 e. The maximum absolute atomic E-state index is 13.0. The Balaban J connectivity index is 2.85. The number of carbonyl (C=O) groups excluding carboxylic acids is 1. The largest absolute Gasteiger partial charge is 0.342 e. The van der Waals surface area contributed by atoms with E-state index in [-0.39, 0.29) is 11.7 Å². The molecular weight excluding hydrogens is 229 g/mol. The van der Waals surface area contributed by atoms with Crippen LogP contribution in [0.15, 0.2) is 24.3 Å². The van der Waals surface area contributed by atoms with Gasteiger partial charge in [0, 0.05) is 13.1 Å². The summed E-state index contributed by atoms with van der Waals surface area (Å²) >= 11 is 6.02. The number of halogens is 2. The third-order valence-corrected chi connectivity index (χ3v) is 2.87. The number of carbonyl (C=O) groups is 1. The quantitative estimate of drug-likeness (QED) is 0.745. The molecule has 16 heavy (non-hydrogen) atoms. The summed E-state index contributed by atoms with van der Waals surface area (Å²) in [6.45, 7) is 4.98. The molecule has 0 saturated carbocycles. The zero-order valence-corrected chi connectivity index (χ0v) is 10.2. The van der Waals surface area contributed by atoms with E-state index in [1.165, 1.54) is 12.1 Å². The molecule has 0 fully saturated rings. The Morgan fingerprint density at radius 3 is 2.56 bits per heavy atom. The van der Waals surface area contributed by atoms with Gasteiger partial charge in [-0.05, 0) is 31.5 Å². The molecule has 0 spiro atoms. The van der Waals surface area contributed by atoms with Crippen molar-refractivity contribution in [1.29, 1.82) is 0 Å². The summed E-state index contributed by atoms with van der Waals surface area (Å²) in [7, 11) is 0. The van der Waals surface area contributed by atoms with Crippen molar-refractivity contribution in [2.45, 2.75) is 19.2 Å². The number of nitrogens with zero attached hydrogens (tertiary/aromatic N) is 1. The normalized spacial score (nSPS) is 12.2. The highest BCUT2D eigenvalue weighted by atomic mass is 35.5. The lowest BCUT2D eigenvalue weighted by molar-refractivity contribution is -0.130. The summed E-state index contributed by atoms with van der Waals surface area (Å²) < 4.78 is 13.0. The van der Waals surface area contributed by atoms with Gasteiger partial charge in [-0.3, -0.25) is 4.79 Å². The summed E-state index contributed by atoms with van der Waals surface area (Å²) in [5.41, 5.74) is 0.499. The number of hydrogen-bond acceptors (Lipinski definition) is 1. The van der Waals surface area contributed by atoms with Crippen molar-refractivity contribution in [3.8, 4) is 0 Å². The molecule has 1 rings (SSSR count). The van der Waals surface area contributed by atoms with Crippen LogP contribution in [0.4, 0.5) is 4.39 Å². The molecule has 0 saturated heterocycles. The first-order valence-corrected chi connectivity index (χ1v) is 5.72. The van der Waals surface area contributed by atoms with E-state index in [0.29, 0.717) is 18.7 Å². The molecule has 88 valence electrons. The molecule has 1 aromatic rings. The lowest BCUT2D eigenvalue weighted by Gasteiger charge is -2.21. The second-order valence-corrected chi connectivity index (χ2v) is 3.86. The minimum Gasteiger partial charge on any atom is -0.342 e. The third-order valence-electron chi connectivity index (χ3n) is 2.43. The van der Waals surface area contributed by atoms with E-state index in [0.717, 1.165) is 0 Å². The lowest BCUT2D eigenvalue weighted by atomic mass is 10.1. The van der Waals surface area contributed by atoms with Crippen LogP contribution in [0.2, 0.25) is 0 Å². The average molecular weight is 244 g/mol. The molecule has 0 bridgehead atoms. The number of benzene rings is 1. The van der Waals surface area contributed by atoms with Crippen LogP contribution in [-0.2, 0) is 4.79 Å². The molecule has 1 aromatic carbocycles. The van der Waals surface area contributed by atoms with E-state index in [2.05, 4.69) is 0 Å². The van der Waals surface area contributed by atoms with E-state index in [1.54, 1.807) is 17.0 Å². The monoisotopic (exact) mass is 243 g/mol. The summed E-state index contributed by atoms with van der Waals surface area (Å²) in [4.78, 5) is 13.5. The molecule has 0 aliphatic rings. The Morgan fingerprint density at radius 2 is 2.06 bits per heavy atom. The van der Waals surface area contributed by atoms with Crippen LogP contribution in [0, 0.1) is 5.82 Å². The van der Waals surface area contributed by atoms with Crippen LogP contribution in [0.3, 0.4) is 0 Å². The second-order valence-electron chi connectivity index (χ2n) is 3.43. The van der Waals surface area contributed by atoms with Gasteiger partial charge in [0.25, 0.3) is 0 Å². The van der Waals surface area contributed by atoms with Gasteiger partial charge < -0.3 is 4.90 Å². The van der Waals surface area contributed by atoms with Crippen molar-refractivity contribution >= 4 is 17.5 Å². The molecule has 0 aliphatic heterocycles. The second kappa shape index (κ2) is 5.85. The number of amides is 1. The molecule has 0 heterocycles. The summed E-state index contributed by atoms with van der Waals surface area (Å²) in [6.07, 6.45) is 0. The zero-order chi connectivity index (χ0) is 12.1. The standard InChI is InChI=1S/C12H15ClFNO/c1-3-15(4-2)12(16)11(13)9-6-5-7-10(14)8-9/h5-8,11H,3-4H2,1-2H3. The van der Waals surface area contributed by atoms with Crippen molar-refractivity contribution in [1.82, 2.24) is 4.90 Å². The average Bonchev–Trinajstić information content (AvgIpc) is 2.29. The maximum atomic E-state index is 13.0. The SMILES string of the molecule is CCN(CC)C(=O)C(Cl)c1cccc(F)c1. The molecule has 0 aliphatic carbocycles. The van der Waals surface area contributed by atoms with Crippen LogP contribution in [-0.4, -0.2) is 23.9 Å². The van der Waals surface area contributed by atoms with Gasteiger partial charge in [-0.1, -0.05) is 12.1 Å². The molecule has 1 atom stereocenters. The predicted molar refractivity (Wildman–Crippen MR) is 62.9 cm³/mol. The van der Waals surface area contributed by atoms with Gasteiger partial charge in [0.2, 0.25) is 5.91 Å². The van der Waals surface area contributed by atoms with Crippen LogP contribution >= 0.6 is 11.6 Å². The number of hydrogen-bond donors (Lipinski definition) is 0. The fourth-order valence-corrected chi connectivity index (χ4v) is 1.78. The fourth-order valence-electron chi connectivity index (χ4n) is 1.50. The molecule has 0 radical (unpaired) electrons. The van der Waals surface area contributed by atoms with Crippen molar-refractivity contribution in [3.05, 3.63) is 35.6 Å². The summed E-state index contributed by atoms with van der Waals surface area (Å²) in [6, 6.07) is 5.83. The topological polar surface area (TPSA) is 20.3 Å². The molecule has 0 N–H and O–H groups in total. The Hall–Kier alpha value is -1.09. The van der Waals surface area contributed by atoms with E-state index >= 15 is 0 Å². The molecule has 0 aromatic heterocycles. The van der Waals surface area contributed by atoms with Crippen LogP contribution < -0.4 is 0 Å². The van der Waals surface area contributed by atoms with Crippen molar-refractivity contribution in [3.63, 3.8) is 0 Å². The first-order valence-electron chi connectivity index (χ1n) is 5.28. The van der Waals surface area contributed by atoms with Crippen molar-refractivity contribution in [2.75, 3.05) is 13.1 Å². The highest BCUT2D eigenvalue weighted by Gasteiger charge is 2.22. The van der Waals surface area contributed by atoms with Crippen LogP contribution in [0.25, 0.3) is 0 Å². The first kappa shape index (κ1) is 13.0. The predicted octanol–water partition coefficient (Wildman–Crippen LogP) is 2.97. The van der Waals surface area contributed by atoms with Gasteiger partial charge >= 0.3 is 0 Å². The van der Waals surface area contributed by atoms with E-state index in [4.69, 9.17) is 11.6 Å². The van der Waals surface area contributed by atoms with E-state index < -0.39 is 5.38 Å². The Morgan fingerprint density at radius 1 is 1.44 bits per heavy atom. The number of alkyl halides is 1. The molecule has 1 amide bonds. The summed E-state index contributed by atoms with van der Waals surface area (Å²) in [5.74, 6) is -0.562. The zero-order valence-electron chi connectivity index (χ0n) is 9.41. The Bertz CT molecular complexity index is 366. The highest BCUT2D eigenvalue weighted by Crippen LogP contribution is 2.23. The van der Waals surface area contributed by atoms with Gasteiger partial charge in [-0.25, -0.2) is 4.39 Å². The van der Waals surface area contributed by atoms with Gasteiger partial charge in [0.1, 0.15) is 11.2 Å². The first-order chi connectivity index (χ1) is 7.60. The Kier molecular flexibility index (Phi) is 4.74. The smallest absolute Gasteiger partial charge is 0.245 e. The van der Waals surface area contributed by atoms with Crippen LogP contribution in [0.5, 0.6) is 0 Å². The summed E-state index contributed by atoms with van der Waals surface area (Å²) in [5, 5.41) is -0.810. The van der Waals surface area contributed by atoms with Gasteiger partial charge in [-0.15, -0.1) is 11.6 Å². The van der Waals surface area contributed by atoms with Gasteiger partial charge in [0.05, 0.1) is 0 Å². The Labute approximate surface area is 100 Å². The van der Waals surface area contributed by atoms with Crippen LogP contribution in [0.1, 0.15) is 24.8 Å². The molecule has 2 nitrogen and oxygen atoms in total. The lowest BCUT2D eigenvalue weighted by Crippen LogP contribution is -2.33. The van der Waals surface area contributed by atoms with Gasteiger partial charge in [-0.2, -0.15) is 0 Å². The molecule has 4 heteroatoms. The number of likely N-dealkylation sites (N-methyl/N-ethyl adjacent to an activating group) is 1. The molecular formula is C12H15ClFNO. The van der Waals surface area contributed by atoms with E-state index in [9.17, 15) is 9.18 Å². The third kappa shape index (κ3) is 2.95. The van der Waals surface area contributed by atoms with Crippen molar-refractivity contribution < 1.29 is 9.18 Å². The molecule has 1 unspecified atom stereocenters. The van der Waals surface area contributed by atoms with E-state index in [1.807, 2.05) is 13.8 Å². The minimum atomic E-state index is -0.810. The fraction of sp³-hybridized carbons (Fsp3) is 0.417. The van der Waals surface area contributed by atoms with Crippen molar-refractivity contribution in [2.24, 2.45) is 0 Å².